The molecule has 0 aliphatic carbocycles. The molecule has 2 N–H and O–H groups in total. The van der Waals surface area contributed by atoms with Crippen molar-refractivity contribution in [3.8, 4) is 11.3 Å². The molecule has 9 heteroatoms. The fraction of sp³-hybridized carbons (Fsp3) is 0.444. The van der Waals surface area contributed by atoms with Gasteiger partial charge in [0.1, 0.15) is 17.0 Å². The highest BCUT2D eigenvalue weighted by atomic mass is 35.5. The second-order valence-corrected chi connectivity index (χ2v) is 7.07. The van der Waals surface area contributed by atoms with Gasteiger partial charge in [-0.1, -0.05) is 34.4 Å². The van der Waals surface area contributed by atoms with Crippen molar-refractivity contribution < 1.29 is 9.32 Å². The van der Waals surface area contributed by atoms with Crippen LogP contribution in [0.3, 0.4) is 0 Å². The molecule has 1 aromatic heterocycles. The highest BCUT2D eigenvalue weighted by Crippen LogP contribution is 2.36. The van der Waals surface area contributed by atoms with Crippen LogP contribution in [0.5, 0.6) is 0 Å². The van der Waals surface area contributed by atoms with Crippen LogP contribution in [0.15, 0.2) is 22.7 Å². The number of rotatable bonds is 6. The number of halogens is 3. The highest BCUT2D eigenvalue weighted by Gasteiger charge is 2.24. The molecule has 0 unspecified atom stereocenters. The van der Waals surface area contributed by atoms with E-state index in [0.29, 0.717) is 39.2 Å². The summed E-state index contributed by atoms with van der Waals surface area (Å²) < 4.78 is 5.24. The molecule has 2 heterocycles. The zero-order valence-corrected chi connectivity index (χ0v) is 17.4. The SMILES string of the molecule is Cc1onc(-c2c(Cl)cccc2Cl)c1C(=O)NCCCN1CCNCC1.Cl. The topological polar surface area (TPSA) is 70.4 Å². The Morgan fingerprint density at radius 2 is 1.96 bits per heavy atom. The van der Waals surface area contributed by atoms with Crippen molar-refractivity contribution in [3.05, 3.63) is 39.6 Å². The molecule has 0 saturated carbocycles. The summed E-state index contributed by atoms with van der Waals surface area (Å²) in [6.45, 7) is 7.40. The van der Waals surface area contributed by atoms with E-state index < -0.39 is 0 Å². The standard InChI is InChI=1S/C18H22Cl2N4O2.ClH/c1-12-15(17(23-26-12)16-13(19)4-2-5-14(16)20)18(25)22-6-3-9-24-10-7-21-8-11-24;/h2,4-5,21H,3,6-11H2,1H3,(H,22,25);1H. The minimum absolute atomic E-state index is 0. The van der Waals surface area contributed by atoms with Crippen LogP contribution in [0.2, 0.25) is 10.0 Å². The Morgan fingerprint density at radius 3 is 2.63 bits per heavy atom. The first-order valence-corrected chi connectivity index (χ1v) is 9.45. The van der Waals surface area contributed by atoms with Crippen molar-refractivity contribution in [2.45, 2.75) is 13.3 Å². The van der Waals surface area contributed by atoms with Crippen LogP contribution in [0.1, 0.15) is 22.5 Å². The Hall–Kier alpha value is -1.31. The molecule has 2 aromatic rings. The monoisotopic (exact) mass is 432 g/mol. The van der Waals surface area contributed by atoms with Gasteiger partial charge in [0.2, 0.25) is 0 Å². The van der Waals surface area contributed by atoms with Gasteiger partial charge in [0.05, 0.1) is 10.0 Å². The Morgan fingerprint density at radius 1 is 1.30 bits per heavy atom. The molecular weight excluding hydrogens is 411 g/mol. The Kier molecular flexibility index (Phi) is 8.38. The third kappa shape index (κ3) is 5.36. The van der Waals surface area contributed by atoms with E-state index in [9.17, 15) is 4.79 Å². The van der Waals surface area contributed by atoms with Gasteiger partial charge < -0.3 is 20.1 Å². The Bertz CT molecular complexity index is 756. The van der Waals surface area contributed by atoms with E-state index in [1.165, 1.54) is 0 Å². The number of carbonyl (C=O) groups excluding carboxylic acids is 1. The van der Waals surface area contributed by atoms with Gasteiger partial charge in [-0.3, -0.25) is 4.79 Å². The number of hydrogen-bond donors (Lipinski definition) is 2. The summed E-state index contributed by atoms with van der Waals surface area (Å²) in [4.78, 5) is 15.1. The molecule has 27 heavy (non-hydrogen) atoms. The van der Waals surface area contributed by atoms with Crippen molar-refractivity contribution in [2.24, 2.45) is 0 Å². The lowest BCUT2D eigenvalue weighted by molar-refractivity contribution is 0.0950. The number of carbonyl (C=O) groups is 1. The number of aryl methyl sites for hydroxylation is 1. The van der Waals surface area contributed by atoms with E-state index in [1.807, 2.05) is 0 Å². The molecule has 6 nitrogen and oxygen atoms in total. The molecular formula is C18H23Cl3N4O2. The lowest BCUT2D eigenvalue weighted by Crippen LogP contribution is -2.44. The molecule has 1 aromatic carbocycles. The van der Waals surface area contributed by atoms with Gasteiger partial charge in [0.15, 0.2) is 0 Å². The second kappa shape index (κ2) is 10.3. The van der Waals surface area contributed by atoms with Gasteiger partial charge in [-0.2, -0.15) is 0 Å². The summed E-state index contributed by atoms with van der Waals surface area (Å²) in [5.41, 5.74) is 1.26. The summed E-state index contributed by atoms with van der Waals surface area (Å²) in [5, 5.41) is 11.1. The van der Waals surface area contributed by atoms with Crippen LogP contribution in [0.4, 0.5) is 0 Å². The average Bonchev–Trinajstić information content (AvgIpc) is 3.01. The summed E-state index contributed by atoms with van der Waals surface area (Å²) >= 11 is 12.5. The molecule has 0 spiro atoms. The van der Waals surface area contributed by atoms with Gasteiger partial charge in [0, 0.05) is 38.3 Å². The quantitative estimate of drug-likeness (QED) is 0.683. The number of piperazine rings is 1. The zero-order chi connectivity index (χ0) is 18.5. The highest BCUT2D eigenvalue weighted by molar-refractivity contribution is 6.39. The number of amides is 1. The number of aromatic nitrogens is 1. The van der Waals surface area contributed by atoms with Gasteiger partial charge in [-0.05, 0) is 32.0 Å². The molecule has 1 saturated heterocycles. The summed E-state index contributed by atoms with van der Waals surface area (Å²) in [6, 6.07) is 5.17. The van der Waals surface area contributed by atoms with Crippen LogP contribution < -0.4 is 10.6 Å². The molecule has 1 aliphatic heterocycles. The Balaban J connectivity index is 0.00000261. The van der Waals surface area contributed by atoms with Crippen LogP contribution in [-0.2, 0) is 0 Å². The molecule has 1 fully saturated rings. The number of hydrogen-bond acceptors (Lipinski definition) is 5. The first-order valence-electron chi connectivity index (χ1n) is 8.70. The first-order chi connectivity index (χ1) is 12.6. The van der Waals surface area contributed by atoms with Crippen LogP contribution in [-0.4, -0.2) is 55.2 Å². The lowest BCUT2D eigenvalue weighted by atomic mass is 10.1. The third-order valence-electron chi connectivity index (χ3n) is 4.44. The molecule has 3 rings (SSSR count). The molecule has 0 radical (unpaired) electrons. The van der Waals surface area contributed by atoms with E-state index in [-0.39, 0.29) is 18.3 Å². The fourth-order valence-electron chi connectivity index (χ4n) is 3.06. The minimum Gasteiger partial charge on any atom is -0.360 e. The van der Waals surface area contributed by atoms with Crippen molar-refractivity contribution >= 4 is 41.5 Å². The van der Waals surface area contributed by atoms with Gasteiger partial charge in [0.25, 0.3) is 5.91 Å². The van der Waals surface area contributed by atoms with E-state index >= 15 is 0 Å². The molecule has 1 aliphatic rings. The number of nitrogens with one attached hydrogen (secondary N) is 2. The van der Waals surface area contributed by atoms with Crippen LogP contribution in [0.25, 0.3) is 11.3 Å². The predicted molar refractivity (Wildman–Crippen MR) is 110 cm³/mol. The van der Waals surface area contributed by atoms with E-state index in [4.69, 9.17) is 27.7 Å². The van der Waals surface area contributed by atoms with Gasteiger partial charge in [-0.25, -0.2) is 0 Å². The summed E-state index contributed by atoms with van der Waals surface area (Å²) in [5.74, 6) is 0.214. The van der Waals surface area contributed by atoms with Crippen LogP contribution >= 0.6 is 35.6 Å². The number of nitrogens with zero attached hydrogens (tertiary/aromatic N) is 2. The second-order valence-electron chi connectivity index (χ2n) is 6.26. The normalized spacial score (nSPS) is 14.6. The maximum Gasteiger partial charge on any atom is 0.257 e. The largest absolute Gasteiger partial charge is 0.360 e. The van der Waals surface area contributed by atoms with Gasteiger partial charge >= 0.3 is 0 Å². The fourth-order valence-corrected chi connectivity index (χ4v) is 3.64. The van der Waals surface area contributed by atoms with Crippen molar-refractivity contribution in [3.63, 3.8) is 0 Å². The third-order valence-corrected chi connectivity index (χ3v) is 5.07. The molecule has 0 atom stereocenters. The van der Waals surface area contributed by atoms with Gasteiger partial charge in [-0.15, -0.1) is 12.4 Å². The summed E-state index contributed by atoms with van der Waals surface area (Å²) in [6.07, 6.45) is 0.887. The smallest absolute Gasteiger partial charge is 0.257 e. The minimum atomic E-state index is -0.227. The average molecular weight is 434 g/mol. The summed E-state index contributed by atoms with van der Waals surface area (Å²) in [7, 11) is 0. The zero-order valence-electron chi connectivity index (χ0n) is 15.1. The molecule has 1 amide bonds. The molecule has 0 bridgehead atoms. The predicted octanol–water partition coefficient (Wildman–Crippen LogP) is 3.40. The van der Waals surface area contributed by atoms with Crippen LogP contribution in [0, 0.1) is 6.92 Å². The first kappa shape index (κ1) is 22.0. The van der Waals surface area contributed by atoms with Crippen molar-refractivity contribution in [2.75, 3.05) is 39.3 Å². The van der Waals surface area contributed by atoms with Crippen molar-refractivity contribution in [1.29, 1.82) is 0 Å². The maximum atomic E-state index is 12.7. The van der Waals surface area contributed by atoms with Crippen molar-refractivity contribution in [1.82, 2.24) is 20.7 Å². The number of benzene rings is 1. The lowest BCUT2D eigenvalue weighted by Gasteiger charge is -2.27. The van der Waals surface area contributed by atoms with E-state index in [1.54, 1.807) is 25.1 Å². The maximum absolute atomic E-state index is 12.7. The molecule has 148 valence electrons. The van der Waals surface area contributed by atoms with E-state index in [0.717, 1.165) is 39.1 Å². The Labute approximate surface area is 175 Å². The van der Waals surface area contributed by atoms with E-state index in [2.05, 4.69) is 20.7 Å².